The van der Waals surface area contributed by atoms with E-state index in [2.05, 4.69) is 222 Å². The number of hydrogen-bond donors (Lipinski definition) is 0. The fraction of sp³-hybridized carbons (Fsp3) is 0.0182. The van der Waals surface area contributed by atoms with Crippen LogP contribution in [-0.2, 0) is 5.41 Å². The fourth-order valence-electron chi connectivity index (χ4n) is 9.98. The Labute approximate surface area is 336 Å². The molecule has 12 rings (SSSR count). The smallest absolute Gasteiger partial charge is 0.137 e. The van der Waals surface area contributed by atoms with E-state index < -0.39 is 5.41 Å². The minimum atomic E-state index is -0.532. The Morgan fingerprint density at radius 1 is 0.414 bits per heavy atom. The minimum absolute atomic E-state index is 0.532. The molecule has 0 spiro atoms. The highest BCUT2D eigenvalue weighted by Gasteiger charge is 2.47. The van der Waals surface area contributed by atoms with Crippen LogP contribution in [0.5, 0.6) is 0 Å². The number of hydrogen-bond acceptors (Lipinski definition) is 2. The number of para-hydroxylation sites is 3. The van der Waals surface area contributed by atoms with Gasteiger partial charge in [0, 0.05) is 33.1 Å². The van der Waals surface area contributed by atoms with Crippen molar-refractivity contribution in [1.82, 2.24) is 4.57 Å². The molecule has 272 valence electrons. The quantitative estimate of drug-likeness (QED) is 0.169. The summed E-state index contributed by atoms with van der Waals surface area (Å²) in [4.78, 5) is 2.48. The molecule has 0 saturated carbocycles. The number of furan rings is 1. The Hall–Kier alpha value is -7.62. The van der Waals surface area contributed by atoms with E-state index in [1.807, 2.05) is 6.07 Å². The Kier molecular flexibility index (Phi) is 7.14. The largest absolute Gasteiger partial charge is 0.456 e. The van der Waals surface area contributed by atoms with Gasteiger partial charge in [-0.1, -0.05) is 164 Å². The van der Waals surface area contributed by atoms with Crippen LogP contribution in [0.25, 0.3) is 60.6 Å². The summed E-state index contributed by atoms with van der Waals surface area (Å²) in [6, 6.07) is 79.3. The second kappa shape index (κ2) is 12.7. The van der Waals surface area contributed by atoms with Gasteiger partial charge in [-0.25, -0.2) is 0 Å². The highest BCUT2D eigenvalue weighted by atomic mass is 16.3. The number of aromatic nitrogens is 1. The normalized spacial score (nSPS) is 13.0. The first-order chi connectivity index (χ1) is 28.8. The van der Waals surface area contributed by atoms with Crippen LogP contribution in [0.4, 0.5) is 17.1 Å². The van der Waals surface area contributed by atoms with E-state index >= 15 is 0 Å². The summed E-state index contributed by atoms with van der Waals surface area (Å²) in [5.74, 6) is 0. The summed E-state index contributed by atoms with van der Waals surface area (Å²) >= 11 is 0. The summed E-state index contributed by atoms with van der Waals surface area (Å²) < 4.78 is 8.96. The molecular weight excluding hydrogens is 705 g/mol. The predicted molar refractivity (Wildman–Crippen MR) is 240 cm³/mol. The molecule has 0 fully saturated rings. The molecule has 0 N–H and O–H groups in total. The van der Waals surface area contributed by atoms with E-state index in [1.54, 1.807) is 0 Å². The second-order valence-electron chi connectivity index (χ2n) is 15.2. The van der Waals surface area contributed by atoms with Gasteiger partial charge >= 0.3 is 0 Å². The number of nitrogens with zero attached hydrogens (tertiary/aromatic N) is 2. The summed E-state index contributed by atoms with van der Waals surface area (Å²) in [6.07, 6.45) is 0. The molecule has 0 saturated heterocycles. The van der Waals surface area contributed by atoms with E-state index in [-0.39, 0.29) is 0 Å². The van der Waals surface area contributed by atoms with Crippen molar-refractivity contribution in [2.24, 2.45) is 0 Å². The van der Waals surface area contributed by atoms with Crippen LogP contribution < -0.4 is 4.90 Å². The molecular formula is C55H36N2O. The van der Waals surface area contributed by atoms with Crippen molar-refractivity contribution in [3.63, 3.8) is 0 Å². The molecule has 2 heterocycles. The molecule has 3 heteroatoms. The van der Waals surface area contributed by atoms with E-state index in [0.717, 1.165) is 44.7 Å². The molecule has 58 heavy (non-hydrogen) atoms. The Morgan fingerprint density at radius 2 is 0.966 bits per heavy atom. The number of fused-ring (bicyclic) bond motifs is 9. The molecule has 0 unspecified atom stereocenters. The van der Waals surface area contributed by atoms with Crippen molar-refractivity contribution < 1.29 is 4.42 Å². The molecule has 0 amide bonds. The van der Waals surface area contributed by atoms with Gasteiger partial charge in [0.1, 0.15) is 11.2 Å². The van der Waals surface area contributed by atoms with Gasteiger partial charge in [0.25, 0.3) is 0 Å². The van der Waals surface area contributed by atoms with Gasteiger partial charge < -0.3 is 13.9 Å². The standard InChI is InChI=1S/C55H36N2O/c1-3-18-37(19-4-1)55(38-20-5-2-6-21-38)45-28-11-7-26-43(45)53-46(55)29-16-32-49(53)57(50-33-17-35-52-54(50)44-27-10-14-34-51(44)58-52)40-23-15-22-39(36-40)56-47-30-12-8-24-41(47)42-25-9-13-31-48(42)56/h1-36H. The Balaban J connectivity index is 1.19. The summed E-state index contributed by atoms with van der Waals surface area (Å²) in [6.45, 7) is 0. The maximum Gasteiger partial charge on any atom is 0.137 e. The summed E-state index contributed by atoms with van der Waals surface area (Å²) in [5.41, 5.74) is 15.4. The van der Waals surface area contributed by atoms with Crippen molar-refractivity contribution in [2.45, 2.75) is 5.41 Å². The van der Waals surface area contributed by atoms with Crippen molar-refractivity contribution in [3.05, 3.63) is 241 Å². The molecule has 1 aliphatic rings. The zero-order valence-corrected chi connectivity index (χ0v) is 31.6. The lowest BCUT2D eigenvalue weighted by Crippen LogP contribution is -2.28. The van der Waals surface area contributed by atoms with Crippen molar-refractivity contribution >= 4 is 60.8 Å². The molecule has 0 aliphatic heterocycles. The average Bonchev–Trinajstić information content (AvgIpc) is 3.95. The molecule has 9 aromatic carbocycles. The highest BCUT2D eigenvalue weighted by Crippen LogP contribution is 2.60. The molecule has 0 bridgehead atoms. The van der Waals surface area contributed by atoms with Crippen LogP contribution in [-0.4, -0.2) is 4.57 Å². The van der Waals surface area contributed by atoms with E-state index in [4.69, 9.17) is 4.42 Å². The monoisotopic (exact) mass is 740 g/mol. The Morgan fingerprint density at radius 3 is 1.71 bits per heavy atom. The maximum absolute atomic E-state index is 6.56. The number of rotatable bonds is 6. The van der Waals surface area contributed by atoms with Crippen LogP contribution in [0.1, 0.15) is 22.3 Å². The lowest BCUT2D eigenvalue weighted by molar-refractivity contribution is 0.669. The van der Waals surface area contributed by atoms with Gasteiger partial charge in [-0.05, 0) is 82.4 Å². The van der Waals surface area contributed by atoms with Crippen LogP contribution in [0, 0.1) is 0 Å². The van der Waals surface area contributed by atoms with Gasteiger partial charge in [0.2, 0.25) is 0 Å². The molecule has 1 aliphatic carbocycles. The van der Waals surface area contributed by atoms with Crippen molar-refractivity contribution in [3.8, 4) is 16.8 Å². The lowest BCUT2D eigenvalue weighted by Gasteiger charge is -2.34. The van der Waals surface area contributed by atoms with Crippen LogP contribution >= 0.6 is 0 Å². The topological polar surface area (TPSA) is 21.3 Å². The fourth-order valence-corrected chi connectivity index (χ4v) is 9.98. The number of benzene rings is 9. The third-order valence-electron chi connectivity index (χ3n) is 12.2. The zero-order chi connectivity index (χ0) is 38.2. The summed E-state index contributed by atoms with van der Waals surface area (Å²) in [7, 11) is 0. The molecule has 2 aromatic heterocycles. The maximum atomic E-state index is 6.56. The van der Waals surface area contributed by atoms with Gasteiger partial charge in [0.05, 0.1) is 33.2 Å². The predicted octanol–water partition coefficient (Wildman–Crippen LogP) is 14.5. The first kappa shape index (κ1) is 32.6. The van der Waals surface area contributed by atoms with Crippen LogP contribution in [0.2, 0.25) is 0 Å². The zero-order valence-electron chi connectivity index (χ0n) is 31.6. The van der Waals surface area contributed by atoms with Gasteiger partial charge in [-0.3, -0.25) is 0 Å². The van der Waals surface area contributed by atoms with Gasteiger partial charge in [0.15, 0.2) is 0 Å². The third kappa shape index (κ3) is 4.56. The number of anilines is 3. The van der Waals surface area contributed by atoms with Crippen molar-refractivity contribution in [1.29, 1.82) is 0 Å². The second-order valence-corrected chi connectivity index (χ2v) is 15.2. The molecule has 11 aromatic rings. The first-order valence-electron chi connectivity index (χ1n) is 19.9. The van der Waals surface area contributed by atoms with Crippen molar-refractivity contribution in [2.75, 3.05) is 4.90 Å². The minimum Gasteiger partial charge on any atom is -0.456 e. The Bertz CT molecular complexity index is 3260. The van der Waals surface area contributed by atoms with Crippen LogP contribution in [0.3, 0.4) is 0 Å². The highest BCUT2D eigenvalue weighted by molar-refractivity contribution is 6.14. The SMILES string of the molecule is c1ccc(C2(c3ccccc3)c3ccccc3-c3c(N(c4cccc(-n5c6ccccc6c6ccccc65)c4)c4cccc5oc6ccccc6c45)cccc32)cc1. The summed E-state index contributed by atoms with van der Waals surface area (Å²) in [5, 5.41) is 4.66. The first-order valence-corrected chi connectivity index (χ1v) is 19.9. The molecule has 0 radical (unpaired) electrons. The van der Waals surface area contributed by atoms with E-state index in [0.29, 0.717) is 0 Å². The van der Waals surface area contributed by atoms with E-state index in [9.17, 15) is 0 Å². The average molecular weight is 741 g/mol. The third-order valence-corrected chi connectivity index (χ3v) is 12.2. The van der Waals surface area contributed by atoms with Gasteiger partial charge in [-0.15, -0.1) is 0 Å². The van der Waals surface area contributed by atoms with Gasteiger partial charge in [-0.2, -0.15) is 0 Å². The van der Waals surface area contributed by atoms with Crippen LogP contribution in [0.15, 0.2) is 223 Å². The lowest BCUT2D eigenvalue weighted by atomic mass is 9.68. The molecule has 3 nitrogen and oxygen atoms in total. The molecule has 0 atom stereocenters. The van der Waals surface area contributed by atoms with E-state index in [1.165, 1.54) is 55.2 Å².